The van der Waals surface area contributed by atoms with Crippen molar-refractivity contribution in [3.8, 4) is 28.0 Å². The first-order chi connectivity index (χ1) is 22.1. The number of hydrogen-bond donors (Lipinski definition) is 2. The minimum atomic E-state index is -1.11. The summed E-state index contributed by atoms with van der Waals surface area (Å²) in [7, 11) is 0. The second-order valence-electron chi connectivity index (χ2n) is 8.04. The first kappa shape index (κ1) is 42.6. The summed E-state index contributed by atoms with van der Waals surface area (Å²) in [4.78, 5) is 28.6. The van der Waals surface area contributed by atoms with Crippen molar-refractivity contribution < 1.29 is 39.3 Å². The molecule has 5 rings (SSSR count). The fraction of sp³-hybridized carbons (Fsp3) is 0.161. The van der Waals surface area contributed by atoms with Crippen molar-refractivity contribution in [2.24, 2.45) is 0 Å². The van der Waals surface area contributed by atoms with Gasteiger partial charge in [0.15, 0.2) is 0 Å². The number of aromatic nitrogens is 1. The van der Waals surface area contributed by atoms with Gasteiger partial charge in [-0.1, -0.05) is 72.2 Å². The second-order valence-corrected chi connectivity index (χ2v) is 10.8. The molecule has 3 aromatic rings. The fourth-order valence-corrected chi connectivity index (χ4v) is 5.86. The van der Waals surface area contributed by atoms with E-state index in [9.17, 15) is 19.8 Å². The Morgan fingerprint density at radius 2 is 1.57 bits per heavy atom. The maximum Gasteiger partial charge on any atom is 5.00 e. The first-order valence-electron chi connectivity index (χ1n) is 12.8. The summed E-state index contributed by atoms with van der Waals surface area (Å²) in [6.07, 6.45) is 7.42. The maximum atomic E-state index is 11.8. The number of nitriles is 3. The Morgan fingerprint density at radius 3 is 2.15 bits per heavy atom. The zero-order valence-electron chi connectivity index (χ0n) is 24.8. The molecule has 1 unspecified atom stereocenters. The van der Waals surface area contributed by atoms with E-state index in [1.807, 2.05) is 13.8 Å². The number of rotatable bonds is 4. The molecule has 47 heavy (non-hydrogen) atoms. The van der Waals surface area contributed by atoms with Crippen LogP contribution < -0.4 is 0 Å². The van der Waals surface area contributed by atoms with Gasteiger partial charge in [0.1, 0.15) is 0 Å². The molecule has 0 bridgehead atoms. The fourth-order valence-electron chi connectivity index (χ4n) is 3.69. The van der Waals surface area contributed by atoms with Gasteiger partial charge in [0.2, 0.25) is 0 Å². The average Bonchev–Trinajstić information content (AvgIpc) is 3.64. The molecule has 0 aliphatic carbocycles. The normalized spacial score (nSPS) is 13.3. The van der Waals surface area contributed by atoms with E-state index in [0.29, 0.717) is 17.1 Å². The summed E-state index contributed by atoms with van der Waals surface area (Å²) in [5.41, 5.74) is 3.19. The maximum absolute atomic E-state index is 11.8. The Morgan fingerprint density at radius 1 is 0.979 bits per heavy atom. The number of hydrogen-bond acceptors (Lipinski definition) is 11. The molecule has 1 radical (unpaired) electrons. The van der Waals surface area contributed by atoms with E-state index in [1.54, 1.807) is 41.0 Å². The number of aliphatic carboxylic acids is 2. The Labute approximate surface area is 310 Å². The molecule has 2 aliphatic rings. The van der Waals surface area contributed by atoms with Crippen LogP contribution in [0.5, 0.6) is 0 Å². The quantitative estimate of drug-likeness (QED) is 0.123. The number of carboxylic acids is 2. The molecular weight excluding hydrogens is 782 g/mol. The minimum Gasteiger partial charge on any atom is -0.696 e. The number of carbonyl (C=O) groups is 2. The van der Waals surface area contributed by atoms with Gasteiger partial charge < -0.3 is 58.7 Å². The van der Waals surface area contributed by atoms with Gasteiger partial charge >= 0.3 is 31.4 Å². The van der Waals surface area contributed by atoms with Gasteiger partial charge in [0.05, 0.1) is 20.0 Å². The number of pyridine rings is 1. The standard InChI is InChI=1S/C26H17N3O4S2.C2H6.3CHNS.Ru/c1-14-18-6-9-34-26(18)35-23(14)3-2-15-4-7-27-19(10-15)21-12-17(25(32)33)13-22(29-21)20-11-16(24(30)31)5-8-28-20;1-2;3*2-1-3;/h4-7,9-13,21H,8H2,1H3,(H,30,31)(H,32,33);1-2H3;3*3H;/q-2;;;;;+5/p-3. The minimum absolute atomic E-state index is 0. The largest absolute Gasteiger partial charge is 5.00 e. The van der Waals surface area contributed by atoms with E-state index in [0.717, 1.165) is 10.4 Å². The van der Waals surface area contributed by atoms with Crippen LogP contribution in [-0.4, -0.2) is 33.7 Å². The zero-order valence-corrected chi connectivity index (χ0v) is 30.6. The predicted molar refractivity (Wildman–Crippen MR) is 187 cm³/mol. The van der Waals surface area contributed by atoms with Crippen LogP contribution in [-0.2, 0) is 67.0 Å². The number of nitrogens with zero attached hydrogens (tertiary/aromatic N) is 6. The monoisotopic (exact) mass is 805 g/mol. The molecule has 0 spiro atoms. The van der Waals surface area contributed by atoms with Crippen LogP contribution in [0.25, 0.3) is 20.0 Å². The zero-order chi connectivity index (χ0) is 34.6. The summed E-state index contributed by atoms with van der Waals surface area (Å²) < 4.78 is 1.25. The van der Waals surface area contributed by atoms with Crippen LogP contribution in [0.2, 0.25) is 0 Å². The Bertz CT molecular complexity index is 1840. The third-order valence-corrected chi connectivity index (χ3v) is 7.77. The van der Waals surface area contributed by atoms with Gasteiger partial charge in [-0.2, -0.15) is 11.4 Å². The SMILES string of the molecule is CC.Cc1c(C#Cc2ccnc(C3C=C(C(=O)O)C=C(C4=CC(C(=O)O)=CC[N-]4)[N-]3)c2)sc2sccc12.N#C[S-].N#C[S-].N#C[S-].[Ru+5]. The first-order valence-corrected chi connectivity index (χ1v) is 15.7. The molecular formula is C31H23N6O4RuS5. The molecule has 10 nitrogen and oxygen atoms in total. The summed E-state index contributed by atoms with van der Waals surface area (Å²) in [5.74, 6) is 4.25. The molecule has 0 saturated carbocycles. The van der Waals surface area contributed by atoms with Gasteiger partial charge in [0.25, 0.3) is 0 Å². The van der Waals surface area contributed by atoms with Gasteiger partial charge in [-0.05, 0) is 36.1 Å². The van der Waals surface area contributed by atoms with Crippen LogP contribution in [0.3, 0.4) is 0 Å². The van der Waals surface area contributed by atoms with E-state index in [-0.39, 0.29) is 37.2 Å². The number of carboxylic acid groups (broad SMARTS) is 2. The van der Waals surface area contributed by atoms with E-state index in [1.165, 1.54) is 55.5 Å². The third-order valence-electron chi connectivity index (χ3n) is 5.50. The van der Waals surface area contributed by atoms with Gasteiger partial charge in [-0.15, -0.1) is 29.2 Å². The van der Waals surface area contributed by atoms with E-state index in [2.05, 4.69) is 83.7 Å². The molecule has 239 valence electrons. The molecule has 0 fully saturated rings. The number of thiocyanates is 3. The number of fused-ring (bicyclic) bond motifs is 1. The van der Waals surface area contributed by atoms with Crippen molar-refractivity contribution in [1.29, 1.82) is 15.8 Å². The van der Waals surface area contributed by atoms with Crippen molar-refractivity contribution in [2.45, 2.75) is 26.8 Å². The van der Waals surface area contributed by atoms with Crippen LogP contribution in [0.4, 0.5) is 0 Å². The average molecular weight is 805 g/mol. The summed E-state index contributed by atoms with van der Waals surface area (Å²) in [5, 5.41) is 56.6. The Balaban J connectivity index is 0.00000157. The van der Waals surface area contributed by atoms with Crippen LogP contribution in [0, 0.1) is 50.8 Å². The van der Waals surface area contributed by atoms with Gasteiger partial charge in [-0.25, -0.2) is 25.4 Å². The van der Waals surface area contributed by atoms with E-state index in [4.69, 9.17) is 15.8 Å². The predicted octanol–water partition coefficient (Wildman–Crippen LogP) is 6.74. The van der Waals surface area contributed by atoms with Crippen molar-refractivity contribution in [3.05, 3.63) is 109 Å². The number of aryl methyl sites for hydroxylation is 1. The number of thiophene rings is 2. The molecule has 0 saturated heterocycles. The molecule has 2 N–H and O–H groups in total. The van der Waals surface area contributed by atoms with Crippen LogP contribution in [0.15, 0.2) is 76.6 Å². The summed E-state index contributed by atoms with van der Waals surface area (Å²) in [6, 6.07) is 5.02. The van der Waals surface area contributed by atoms with Crippen LogP contribution in [0.1, 0.15) is 41.6 Å². The topological polar surface area (TPSA) is 187 Å². The molecule has 0 amide bonds. The second kappa shape index (κ2) is 23.0. The molecule has 2 aliphatic heterocycles. The van der Waals surface area contributed by atoms with Gasteiger partial charge in [0, 0.05) is 22.8 Å². The van der Waals surface area contributed by atoms with E-state index >= 15 is 0 Å². The Hall–Kier alpha value is -4.38. The van der Waals surface area contributed by atoms with E-state index < -0.39 is 18.0 Å². The smallest absolute Gasteiger partial charge is 0.696 e. The molecule has 3 aromatic heterocycles. The molecule has 0 aromatic carbocycles. The van der Waals surface area contributed by atoms with Crippen LogP contribution >= 0.6 is 22.7 Å². The molecule has 5 heterocycles. The Kier molecular flexibility index (Phi) is 20.9. The van der Waals surface area contributed by atoms with Crippen molar-refractivity contribution in [2.75, 3.05) is 6.54 Å². The van der Waals surface area contributed by atoms with Crippen molar-refractivity contribution in [3.63, 3.8) is 0 Å². The van der Waals surface area contributed by atoms with Crippen molar-refractivity contribution in [1.82, 2.24) is 4.98 Å². The van der Waals surface area contributed by atoms with Gasteiger partial charge in [-0.3, -0.25) is 4.98 Å². The summed E-state index contributed by atoms with van der Waals surface area (Å²) >= 11 is 14.5. The van der Waals surface area contributed by atoms with Crippen molar-refractivity contribution >= 4 is 81.9 Å². The molecule has 16 heteroatoms. The summed E-state index contributed by atoms with van der Waals surface area (Å²) in [6.45, 7) is 6.25. The third kappa shape index (κ3) is 13.1. The molecule has 1 atom stereocenters.